The Balaban J connectivity index is 2.22. The van der Waals surface area contributed by atoms with Gasteiger partial charge in [-0.05, 0) is 41.1 Å². The molecular weight excluding hydrogens is 280 g/mol. The Morgan fingerprint density at radius 2 is 2.18 bits per heavy atom. The van der Waals surface area contributed by atoms with Crippen LogP contribution in [-0.2, 0) is 0 Å². The third kappa shape index (κ3) is 1.82. The van der Waals surface area contributed by atoms with Gasteiger partial charge in [0.1, 0.15) is 5.82 Å². The fourth-order valence-electron chi connectivity index (χ4n) is 1.74. The van der Waals surface area contributed by atoms with Gasteiger partial charge in [0.15, 0.2) is 5.65 Å². The first-order valence-corrected chi connectivity index (χ1v) is 5.96. The molecule has 0 aliphatic rings. The van der Waals surface area contributed by atoms with Crippen LogP contribution in [0.2, 0.25) is 0 Å². The fourth-order valence-corrected chi connectivity index (χ4v) is 2.07. The molecule has 4 nitrogen and oxygen atoms in total. The number of aromatic amines is 1. The molecule has 1 N–H and O–H groups in total. The van der Waals surface area contributed by atoms with Crippen molar-refractivity contribution in [1.29, 1.82) is 0 Å². The molecule has 3 heterocycles. The van der Waals surface area contributed by atoms with E-state index in [4.69, 9.17) is 0 Å². The van der Waals surface area contributed by atoms with Crippen LogP contribution in [0.15, 0.2) is 35.1 Å². The third-order valence-electron chi connectivity index (χ3n) is 2.57. The molecule has 0 amide bonds. The van der Waals surface area contributed by atoms with Gasteiger partial charge in [0.2, 0.25) is 0 Å². The topological polar surface area (TPSA) is 54.5 Å². The Bertz CT molecular complexity index is 690. The molecule has 0 radical (unpaired) electrons. The summed E-state index contributed by atoms with van der Waals surface area (Å²) in [6.45, 7) is 1.96. The van der Waals surface area contributed by atoms with E-state index in [0.717, 1.165) is 27.1 Å². The predicted molar refractivity (Wildman–Crippen MR) is 69.6 cm³/mol. The Morgan fingerprint density at radius 1 is 1.29 bits per heavy atom. The average molecular weight is 289 g/mol. The van der Waals surface area contributed by atoms with Crippen molar-refractivity contribution < 1.29 is 0 Å². The van der Waals surface area contributed by atoms with Crippen molar-refractivity contribution in [3.8, 4) is 11.4 Å². The predicted octanol–water partition coefficient (Wildman–Crippen LogP) is 3.09. The van der Waals surface area contributed by atoms with E-state index in [2.05, 4.69) is 35.9 Å². The van der Waals surface area contributed by atoms with Gasteiger partial charge in [-0.3, -0.25) is 4.98 Å². The molecule has 0 aliphatic heterocycles. The highest BCUT2D eigenvalue weighted by molar-refractivity contribution is 9.10. The smallest absolute Gasteiger partial charge is 0.178 e. The second-order valence-corrected chi connectivity index (χ2v) is 4.66. The van der Waals surface area contributed by atoms with E-state index in [1.807, 2.05) is 25.1 Å². The van der Waals surface area contributed by atoms with Gasteiger partial charge in [-0.15, -0.1) is 0 Å². The zero-order valence-corrected chi connectivity index (χ0v) is 10.7. The van der Waals surface area contributed by atoms with Crippen LogP contribution in [0.4, 0.5) is 0 Å². The fraction of sp³-hybridized carbons (Fsp3) is 0.0833. The summed E-state index contributed by atoms with van der Waals surface area (Å²) in [6, 6.07) is 5.86. The number of pyridine rings is 2. The van der Waals surface area contributed by atoms with Crippen LogP contribution in [0.5, 0.6) is 0 Å². The van der Waals surface area contributed by atoms with Gasteiger partial charge < -0.3 is 4.98 Å². The van der Waals surface area contributed by atoms with Crippen molar-refractivity contribution >= 4 is 27.1 Å². The molecule has 3 aromatic rings. The maximum absolute atomic E-state index is 4.46. The van der Waals surface area contributed by atoms with Crippen LogP contribution in [0.3, 0.4) is 0 Å². The van der Waals surface area contributed by atoms with Crippen LogP contribution in [0.25, 0.3) is 22.6 Å². The van der Waals surface area contributed by atoms with Crippen molar-refractivity contribution in [1.82, 2.24) is 19.9 Å². The number of fused-ring (bicyclic) bond motifs is 1. The number of nitrogens with one attached hydrogen (secondary N) is 1. The van der Waals surface area contributed by atoms with Gasteiger partial charge >= 0.3 is 0 Å². The molecule has 0 aromatic carbocycles. The highest BCUT2D eigenvalue weighted by Gasteiger charge is 2.08. The SMILES string of the molecule is Cc1ncccc1-c1nc2ncc(Br)cc2[nH]1. The summed E-state index contributed by atoms with van der Waals surface area (Å²) in [7, 11) is 0. The number of H-pyrrole nitrogens is 1. The first kappa shape index (κ1) is 10.4. The lowest BCUT2D eigenvalue weighted by atomic mass is 10.2. The highest BCUT2D eigenvalue weighted by Crippen LogP contribution is 2.22. The first-order valence-electron chi connectivity index (χ1n) is 5.17. The number of hydrogen-bond donors (Lipinski definition) is 1. The standard InChI is InChI=1S/C12H9BrN4/c1-7-9(3-2-4-14-7)11-16-10-5-8(13)6-15-12(10)17-11/h2-6H,1H3,(H,15,16,17). The average Bonchev–Trinajstić information content (AvgIpc) is 2.72. The molecule has 5 heteroatoms. The summed E-state index contributed by atoms with van der Waals surface area (Å²) < 4.78 is 0.933. The lowest BCUT2D eigenvalue weighted by Crippen LogP contribution is -1.87. The summed E-state index contributed by atoms with van der Waals surface area (Å²) in [5.74, 6) is 0.802. The van der Waals surface area contributed by atoms with E-state index >= 15 is 0 Å². The molecule has 84 valence electrons. The maximum Gasteiger partial charge on any atom is 0.178 e. The van der Waals surface area contributed by atoms with E-state index in [0.29, 0.717) is 5.65 Å². The monoisotopic (exact) mass is 288 g/mol. The number of halogens is 1. The highest BCUT2D eigenvalue weighted by atomic mass is 79.9. The minimum absolute atomic E-state index is 0.714. The number of hydrogen-bond acceptors (Lipinski definition) is 3. The third-order valence-corrected chi connectivity index (χ3v) is 3.00. The van der Waals surface area contributed by atoms with Crippen LogP contribution in [0.1, 0.15) is 5.69 Å². The van der Waals surface area contributed by atoms with Crippen molar-refractivity contribution in [2.24, 2.45) is 0 Å². The Kier molecular flexibility index (Phi) is 2.40. The quantitative estimate of drug-likeness (QED) is 0.749. The van der Waals surface area contributed by atoms with E-state index in [9.17, 15) is 0 Å². The largest absolute Gasteiger partial charge is 0.336 e. The number of nitrogens with zero attached hydrogens (tertiary/aromatic N) is 3. The van der Waals surface area contributed by atoms with Gasteiger partial charge in [-0.25, -0.2) is 9.97 Å². The van der Waals surface area contributed by atoms with E-state index in [1.165, 1.54) is 0 Å². The molecule has 0 unspecified atom stereocenters. The molecule has 0 atom stereocenters. The minimum Gasteiger partial charge on any atom is -0.336 e. The van der Waals surface area contributed by atoms with E-state index in [1.54, 1.807) is 12.4 Å². The lowest BCUT2D eigenvalue weighted by Gasteiger charge is -1.98. The van der Waals surface area contributed by atoms with Crippen LogP contribution < -0.4 is 0 Å². The van der Waals surface area contributed by atoms with Crippen molar-refractivity contribution in [2.75, 3.05) is 0 Å². The normalized spacial score (nSPS) is 10.9. The van der Waals surface area contributed by atoms with Crippen molar-refractivity contribution in [3.63, 3.8) is 0 Å². The van der Waals surface area contributed by atoms with Gasteiger partial charge in [0.25, 0.3) is 0 Å². The van der Waals surface area contributed by atoms with Crippen molar-refractivity contribution in [2.45, 2.75) is 6.92 Å². The van der Waals surface area contributed by atoms with Crippen LogP contribution in [0, 0.1) is 6.92 Å². The summed E-state index contributed by atoms with van der Waals surface area (Å²) >= 11 is 3.39. The molecule has 3 aromatic heterocycles. The first-order chi connectivity index (χ1) is 8.24. The van der Waals surface area contributed by atoms with Crippen LogP contribution >= 0.6 is 15.9 Å². The maximum atomic E-state index is 4.46. The molecule has 0 aliphatic carbocycles. The molecule has 0 saturated carbocycles. The molecule has 0 bridgehead atoms. The lowest BCUT2D eigenvalue weighted by molar-refractivity contribution is 1.18. The summed E-state index contributed by atoms with van der Waals surface area (Å²) in [5.41, 5.74) is 3.58. The number of aromatic nitrogens is 4. The zero-order valence-electron chi connectivity index (χ0n) is 9.11. The molecular formula is C12H9BrN4. The van der Waals surface area contributed by atoms with E-state index < -0.39 is 0 Å². The Labute approximate surface area is 106 Å². The minimum atomic E-state index is 0.714. The van der Waals surface area contributed by atoms with Crippen molar-refractivity contribution in [3.05, 3.63) is 40.8 Å². The number of imidazole rings is 1. The molecule has 3 rings (SSSR count). The number of rotatable bonds is 1. The van der Waals surface area contributed by atoms with Gasteiger partial charge in [0.05, 0.1) is 5.52 Å². The number of aryl methyl sites for hydroxylation is 1. The van der Waals surface area contributed by atoms with Gasteiger partial charge in [0, 0.05) is 28.1 Å². The Hall–Kier alpha value is -1.75. The molecule has 17 heavy (non-hydrogen) atoms. The second kappa shape index (κ2) is 3.92. The van der Waals surface area contributed by atoms with Gasteiger partial charge in [-0.2, -0.15) is 0 Å². The summed E-state index contributed by atoms with van der Waals surface area (Å²) in [6.07, 6.45) is 3.51. The Morgan fingerprint density at radius 3 is 3.00 bits per heavy atom. The zero-order chi connectivity index (χ0) is 11.8. The van der Waals surface area contributed by atoms with Gasteiger partial charge in [-0.1, -0.05) is 0 Å². The molecule has 0 saturated heterocycles. The van der Waals surface area contributed by atoms with Crippen LogP contribution in [-0.4, -0.2) is 19.9 Å². The molecule has 0 fully saturated rings. The van der Waals surface area contributed by atoms with E-state index in [-0.39, 0.29) is 0 Å². The summed E-state index contributed by atoms with van der Waals surface area (Å²) in [5, 5.41) is 0. The molecule has 0 spiro atoms. The summed E-state index contributed by atoms with van der Waals surface area (Å²) in [4.78, 5) is 16.2. The second-order valence-electron chi connectivity index (χ2n) is 3.75.